The van der Waals surface area contributed by atoms with Gasteiger partial charge < -0.3 is 14.8 Å². The zero-order chi connectivity index (χ0) is 21.5. The van der Waals surface area contributed by atoms with Gasteiger partial charge in [0.15, 0.2) is 0 Å². The molecule has 30 heavy (non-hydrogen) atoms. The molecule has 1 amide bonds. The van der Waals surface area contributed by atoms with Gasteiger partial charge in [-0.15, -0.1) is 0 Å². The molecule has 0 bridgehead atoms. The maximum atomic E-state index is 12.5. The van der Waals surface area contributed by atoms with E-state index in [4.69, 9.17) is 21.1 Å². The lowest BCUT2D eigenvalue weighted by atomic mass is 10.1. The van der Waals surface area contributed by atoms with E-state index in [0.29, 0.717) is 28.6 Å². The van der Waals surface area contributed by atoms with E-state index in [9.17, 15) is 9.59 Å². The van der Waals surface area contributed by atoms with Gasteiger partial charge in [0, 0.05) is 22.7 Å². The van der Waals surface area contributed by atoms with Crippen LogP contribution in [0, 0.1) is 5.92 Å². The first-order valence-electron chi connectivity index (χ1n) is 9.51. The summed E-state index contributed by atoms with van der Waals surface area (Å²) >= 11 is 6.14. The summed E-state index contributed by atoms with van der Waals surface area (Å²) in [6.45, 7) is 3.99. The van der Waals surface area contributed by atoms with Crippen molar-refractivity contribution in [2.45, 2.75) is 20.5 Å². The molecule has 0 aliphatic heterocycles. The zero-order valence-corrected chi connectivity index (χ0v) is 17.5. The number of carbonyl (C=O) groups is 2. The Labute approximate surface area is 180 Å². The number of esters is 1. The molecule has 0 radical (unpaired) electrons. The second-order valence-electron chi connectivity index (χ2n) is 7.01. The fraction of sp³-hybridized carbons (Fsp3) is 0.167. The van der Waals surface area contributed by atoms with Crippen molar-refractivity contribution in [3.63, 3.8) is 0 Å². The molecule has 0 aliphatic carbocycles. The third kappa shape index (κ3) is 6.09. The predicted molar refractivity (Wildman–Crippen MR) is 117 cm³/mol. The number of hydrogen-bond acceptors (Lipinski definition) is 4. The van der Waals surface area contributed by atoms with E-state index >= 15 is 0 Å². The standard InChI is InChI=1S/C24H22ClNO4/c1-16(2)23(27)26-20-10-8-18(9-11-20)24(28)30-22-13-19(25)12-21(14-22)29-15-17-6-4-3-5-7-17/h3-14,16H,15H2,1-2H3,(H,26,27). The molecule has 154 valence electrons. The van der Waals surface area contributed by atoms with Gasteiger partial charge >= 0.3 is 5.97 Å². The van der Waals surface area contributed by atoms with Gasteiger partial charge in [0.1, 0.15) is 18.1 Å². The zero-order valence-electron chi connectivity index (χ0n) is 16.7. The highest BCUT2D eigenvalue weighted by Gasteiger charge is 2.12. The quantitative estimate of drug-likeness (QED) is 0.389. The molecule has 6 heteroatoms. The Morgan fingerprint density at radius 2 is 1.60 bits per heavy atom. The number of rotatable bonds is 7. The van der Waals surface area contributed by atoms with E-state index in [2.05, 4.69) is 5.32 Å². The van der Waals surface area contributed by atoms with Gasteiger partial charge in [-0.05, 0) is 42.0 Å². The molecular weight excluding hydrogens is 402 g/mol. The summed E-state index contributed by atoms with van der Waals surface area (Å²) in [5.74, 6) is 0.0322. The minimum atomic E-state index is -0.534. The number of hydrogen-bond donors (Lipinski definition) is 1. The van der Waals surface area contributed by atoms with E-state index in [1.165, 1.54) is 0 Å². The smallest absolute Gasteiger partial charge is 0.343 e. The molecule has 3 rings (SSSR count). The van der Waals surface area contributed by atoms with Crippen molar-refractivity contribution >= 4 is 29.2 Å². The van der Waals surface area contributed by atoms with E-state index in [1.807, 2.05) is 44.2 Å². The van der Waals surface area contributed by atoms with Crippen LogP contribution in [-0.4, -0.2) is 11.9 Å². The van der Waals surface area contributed by atoms with Gasteiger partial charge in [-0.3, -0.25) is 4.79 Å². The summed E-state index contributed by atoms with van der Waals surface area (Å²) in [5.41, 5.74) is 1.98. The van der Waals surface area contributed by atoms with Crippen LogP contribution < -0.4 is 14.8 Å². The Kier molecular flexibility index (Phi) is 7.09. The van der Waals surface area contributed by atoms with Crippen LogP contribution in [0.3, 0.4) is 0 Å². The SMILES string of the molecule is CC(C)C(=O)Nc1ccc(C(=O)Oc2cc(Cl)cc(OCc3ccccc3)c2)cc1. The maximum absolute atomic E-state index is 12.5. The Bertz CT molecular complexity index is 1020. The number of halogens is 1. The first-order valence-corrected chi connectivity index (χ1v) is 9.89. The highest BCUT2D eigenvalue weighted by atomic mass is 35.5. The monoisotopic (exact) mass is 423 g/mol. The Balaban J connectivity index is 1.64. The Morgan fingerprint density at radius 3 is 2.27 bits per heavy atom. The number of ether oxygens (including phenoxy) is 2. The molecule has 5 nitrogen and oxygen atoms in total. The van der Waals surface area contributed by atoms with Crippen molar-refractivity contribution in [2.24, 2.45) is 5.92 Å². The molecule has 3 aromatic rings. The molecule has 0 saturated heterocycles. The lowest BCUT2D eigenvalue weighted by molar-refractivity contribution is -0.118. The molecular formula is C24H22ClNO4. The van der Waals surface area contributed by atoms with Crippen molar-refractivity contribution < 1.29 is 19.1 Å². The molecule has 0 saturated carbocycles. The summed E-state index contributed by atoms with van der Waals surface area (Å²) in [7, 11) is 0. The molecule has 0 aromatic heterocycles. The first-order chi connectivity index (χ1) is 14.4. The van der Waals surface area contributed by atoms with Crippen LogP contribution in [0.4, 0.5) is 5.69 Å². The van der Waals surface area contributed by atoms with Gasteiger partial charge in [0.2, 0.25) is 5.91 Å². The van der Waals surface area contributed by atoms with Gasteiger partial charge in [-0.1, -0.05) is 55.8 Å². The van der Waals surface area contributed by atoms with Crippen LogP contribution in [0.15, 0.2) is 72.8 Å². The highest BCUT2D eigenvalue weighted by molar-refractivity contribution is 6.30. The van der Waals surface area contributed by atoms with Crippen molar-refractivity contribution in [3.8, 4) is 11.5 Å². The summed E-state index contributed by atoms with van der Waals surface area (Å²) in [6.07, 6.45) is 0. The van der Waals surface area contributed by atoms with Crippen LogP contribution in [-0.2, 0) is 11.4 Å². The Morgan fingerprint density at radius 1 is 0.933 bits per heavy atom. The maximum Gasteiger partial charge on any atom is 0.343 e. The van der Waals surface area contributed by atoms with E-state index in [0.717, 1.165) is 5.56 Å². The fourth-order valence-corrected chi connectivity index (χ4v) is 2.78. The second-order valence-corrected chi connectivity index (χ2v) is 7.44. The predicted octanol–water partition coefficient (Wildman–Crippen LogP) is 5.73. The molecule has 0 aliphatic rings. The minimum Gasteiger partial charge on any atom is -0.489 e. The van der Waals surface area contributed by atoms with E-state index in [1.54, 1.807) is 42.5 Å². The highest BCUT2D eigenvalue weighted by Crippen LogP contribution is 2.27. The van der Waals surface area contributed by atoms with Crippen LogP contribution in [0.2, 0.25) is 5.02 Å². The van der Waals surface area contributed by atoms with E-state index in [-0.39, 0.29) is 17.6 Å². The molecule has 0 atom stereocenters. The largest absolute Gasteiger partial charge is 0.489 e. The summed E-state index contributed by atoms with van der Waals surface area (Å²) in [5, 5.41) is 3.17. The first kappa shape index (κ1) is 21.4. The number of carbonyl (C=O) groups excluding carboxylic acids is 2. The van der Waals surface area contributed by atoms with Crippen molar-refractivity contribution in [2.75, 3.05) is 5.32 Å². The molecule has 3 aromatic carbocycles. The Hall–Kier alpha value is -3.31. The molecule has 0 spiro atoms. The van der Waals surface area contributed by atoms with Crippen LogP contribution >= 0.6 is 11.6 Å². The van der Waals surface area contributed by atoms with Gasteiger partial charge in [0.25, 0.3) is 0 Å². The molecule has 1 N–H and O–H groups in total. The van der Waals surface area contributed by atoms with Crippen molar-refractivity contribution in [3.05, 3.63) is 88.9 Å². The normalized spacial score (nSPS) is 10.5. The van der Waals surface area contributed by atoms with Gasteiger partial charge in [0.05, 0.1) is 5.56 Å². The average Bonchev–Trinajstić information content (AvgIpc) is 2.73. The molecule has 0 fully saturated rings. The number of amides is 1. The van der Waals surface area contributed by atoms with Crippen molar-refractivity contribution in [1.82, 2.24) is 0 Å². The number of benzene rings is 3. The van der Waals surface area contributed by atoms with Gasteiger partial charge in [-0.25, -0.2) is 4.79 Å². The third-order valence-electron chi connectivity index (χ3n) is 4.22. The topological polar surface area (TPSA) is 64.6 Å². The average molecular weight is 424 g/mol. The fourth-order valence-electron chi connectivity index (χ4n) is 2.56. The third-order valence-corrected chi connectivity index (χ3v) is 4.43. The minimum absolute atomic E-state index is 0.0905. The summed E-state index contributed by atoms with van der Waals surface area (Å²) in [4.78, 5) is 24.2. The molecule has 0 heterocycles. The van der Waals surface area contributed by atoms with Crippen LogP contribution in [0.25, 0.3) is 0 Å². The number of nitrogens with one attached hydrogen (secondary N) is 1. The van der Waals surface area contributed by atoms with E-state index < -0.39 is 5.97 Å². The lowest BCUT2D eigenvalue weighted by Gasteiger charge is -2.11. The van der Waals surface area contributed by atoms with Crippen molar-refractivity contribution in [1.29, 1.82) is 0 Å². The summed E-state index contributed by atoms with van der Waals surface area (Å²) < 4.78 is 11.2. The molecule has 0 unspecified atom stereocenters. The van der Waals surface area contributed by atoms with Crippen LogP contribution in [0.1, 0.15) is 29.8 Å². The number of anilines is 1. The van der Waals surface area contributed by atoms with Gasteiger partial charge in [-0.2, -0.15) is 0 Å². The second kappa shape index (κ2) is 9.94. The lowest BCUT2D eigenvalue weighted by Crippen LogP contribution is -2.17. The van der Waals surface area contributed by atoms with Crippen LogP contribution in [0.5, 0.6) is 11.5 Å². The summed E-state index contributed by atoms with van der Waals surface area (Å²) in [6, 6.07) is 21.0.